The average molecular weight is 472 g/mol. The second-order valence-electron chi connectivity index (χ2n) is 7.27. The van der Waals surface area contributed by atoms with Crippen molar-refractivity contribution in [1.29, 1.82) is 0 Å². The number of nitrogens with zero attached hydrogens (tertiary/aromatic N) is 3. The number of rotatable bonds is 7. The fraction of sp³-hybridized carbons (Fsp3) is 0.273. The van der Waals surface area contributed by atoms with Crippen LogP contribution in [0.15, 0.2) is 53.1 Å². The van der Waals surface area contributed by atoms with Crippen molar-refractivity contribution in [2.45, 2.75) is 6.92 Å². The number of hydrogen-bond acceptors (Lipinski definition) is 4. The highest BCUT2D eigenvalue weighted by Gasteiger charge is 2.16. The zero-order chi connectivity index (χ0) is 21.7. The van der Waals surface area contributed by atoms with Crippen LogP contribution in [-0.2, 0) is 7.05 Å². The Morgan fingerprint density at radius 3 is 2.43 bits per heavy atom. The van der Waals surface area contributed by atoms with E-state index >= 15 is 0 Å². The first-order chi connectivity index (χ1) is 14.3. The van der Waals surface area contributed by atoms with Crippen LogP contribution < -0.4 is 15.4 Å². The van der Waals surface area contributed by atoms with Crippen molar-refractivity contribution in [1.82, 2.24) is 14.7 Å². The van der Waals surface area contributed by atoms with Crippen molar-refractivity contribution in [3.63, 3.8) is 0 Å². The number of hydrogen-bond donors (Lipinski definition) is 2. The molecule has 0 aliphatic rings. The molecule has 0 fully saturated rings. The third kappa shape index (κ3) is 5.61. The molecule has 3 rings (SSSR count). The van der Waals surface area contributed by atoms with E-state index in [1.807, 2.05) is 70.5 Å². The van der Waals surface area contributed by atoms with Crippen LogP contribution in [0, 0.1) is 6.92 Å². The third-order valence-corrected chi connectivity index (χ3v) is 5.07. The monoisotopic (exact) mass is 471 g/mol. The molecule has 158 valence electrons. The summed E-state index contributed by atoms with van der Waals surface area (Å²) in [4.78, 5) is 14.5. The summed E-state index contributed by atoms with van der Waals surface area (Å²) in [5.41, 5.74) is 4.24. The van der Waals surface area contributed by atoms with Gasteiger partial charge >= 0.3 is 6.03 Å². The van der Waals surface area contributed by atoms with Crippen molar-refractivity contribution < 1.29 is 9.53 Å². The molecule has 0 bridgehead atoms. The van der Waals surface area contributed by atoms with Crippen LogP contribution in [-0.4, -0.2) is 48.0 Å². The molecule has 30 heavy (non-hydrogen) atoms. The summed E-state index contributed by atoms with van der Waals surface area (Å²) in [7, 11) is 5.87. The standard InChI is InChI=1S/C22H26BrN5O2/c1-15-5-7-16(8-6-15)25-22(29)26-17-9-10-20(30-12-11-27(2)3)18(13-17)21-19(23)14-24-28(21)4/h5-10,13-14H,11-12H2,1-4H3,(H2,25,26,29). The van der Waals surface area contributed by atoms with Crippen LogP contribution in [0.2, 0.25) is 0 Å². The van der Waals surface area contributed by atoms with Crippen LogP contribution in [0.1, 0.15) is 5.56 Å². The van der Waals surface area contributed by atoms with Gasteiger partial charge < -0.3 is 20.3 Å². The van der Waals surface area contributed by atoms with Gasteiger partial charge in [-0.15, -0.1) is 0 Å². The van der Waals surface area contributed by atoms with Gasteiger partial charge in [0.15, 0.2) is 0 Å². The number of likely N-dealkylation sites (N-methyl/N-ethyl adjacent to an activating group) is 1. The molecule has 0 saturated heterocycles. The number of anilines is 2. The van der Waals surface area contributed by atoms with Crippen LogP contribution in [0.4, 0.5) is 16.2 Å². The number of halogens is 1. The van der Waals surface area contributed by atoms with Gasteiger partial charge in [0.1, 0.15) is 12.4 Å². The summed E-state index contributed by atoms with van der Waals surface area (Å²) in [6.07, 6.45) is 1.74. The van der Waals surface area contributed by atoms with E-state index in [1.54, 1.807) is 10.9 Å². The Labute approximate surface area is 185 Å². The van der Waals surface area contributed by atoms with Crippen molar-refractivity contribution in [2.75, 3.05) is 37.9 Å². The quantitative estimate of drug-likeness (QED) is 0.521. The maximum Gasteiger partial charge on any atom is 0.323 e. The van der Waals surface area contributed by atoms with E-state index in [4.69, 9.17) is 4.74 Å². The molecule has 8 heteroatoms. The lowest BCUT2D eigenvalue weighted by atomic mass is 10.1. The topological polar surface area (TPSA) is 71.4 Å². The van der Waals surface area contributed by atoms with Crippen molar-refractivity contribution in [2.24, 2.45) is 7.05 Å². The lowest BCUT2D eigenvalue weighted by molar-refractivity contribution is 0.261. The van der Waals surface area contributed by atoms with Gasteiger partial charge in [-0.25, -0.2) is 4.79 Å². The maximum atomic E-state index is 12.4. The Morgan fingerprint density at radius 2 is 1.80 bits per heavy atom. The summed E-state index contributed by atoms with van der Waals surface area (Å²) in [6.45, 7) is 3.35. The van der Waals surface area contributed by atoms with Gasteiger partial charge in [-0.3, -0.25) is 4.68 Å². The minimum Gasteiger partial charge on any atom is -0.492 e. The van der Waals surface area contributed by atoms with Gasteiger partial charge in [0, 0.05) is 30.5 Å². The van der Waals surface area contributed by atoms with Crippen LogP contribution in [0.3, 0.4) is 0 Å². The Kier molecular flexibility index (Phi) is 7.12. The number of nitrogens with one attached hydrogen (secondary N) is 2. The number of amides is 2. The highest BCUT2D eigenvalue weighted by molar-refractivity contribution is 9.10. The molecule has 3 aromatic rings. The summed E-state index contributed by atoms with van der Waals surface area (Å²) in [6, 6.07) is 12.9. The molecule has 0 saturated carbocycles. The molecule has 7 nitrogen and oxygen atoms in total. The van der Waals surface area contributed by atoms with Crippen molar-refractivity contribution in [3.8, 4) is 17.0 Å². The Balaban J connectivity index is 1.82. The van der Waals surface area contributed by atoms with E-state index in [-0.39, 0.29) is 6.03 Å². The zero-order valence-corrected chi connectivity index (χ0v) is 19.2. The minimum atomic E-state index is -0.310. The van der Waals surface area contributed by atoms with E-state index in [1.165, 1.54) is 0 Å². The van der Waals surface area contributed by atoms with E-state index in [2.05, 4.69) is 36.6 Å². The fourth-order valence-electron chi connectivity index (χ4n) is 2.90. The predicted molar refractivity (Wildman–Crippen MR) is 124 cm³/mol. The molecule has 0 aliphatic heterocycles. The Bertz CT molecular complexity index is 995. The molecule has 0 spiro atoms. The van der Waals surface area contributed by atoms with Crippen LogP contribution in [0.5, 0.6) is 5.75 Å². The number of aromatic nitrogens is 2. The fourth-order valence-corrected chi connectivity index (χ4v) is 3.46. The number of benzene rings is 2. The SMILES string of the molecule is Cc1ccc(NC(=O)Nc2ccc(OCCN(C)C)c(-c3c(Br)cnn3C)c2)cc1. The highest BCUT2D eigenvalue weighted by atomic mass is 79.9. The molecule has 1 heterocycles. The number of aryl methyl sites for hydroxylation is 2. The number of carbonyl (C=O) groups is 1. The normalized spacial score (nSPS) is 10.9. The van der Waals surface area contributed by atoms with E-state index < -0.39 is 0 Å². The molecule has 0 aliphatic carbocycles. The summed E-state index contributed by atoms with van der Waals surface area (Å²) >= 11 is 3.56. The summed E-state index contributed by atoms with van der Waals surface area (Å²) < 4.78 is 8.64. The molecule has 0 radical (unpaired) electrons. The van der Waals surface area contributed by atoms with E-state index in [0.29, 0.717) is 12.3 Å². The van der Waals surface area contributed by atoms with Crippen molar-refractivity contribution in [3.05, 3.63) is 58.7 Å². The van der Waals surface area contributed by atoms with Gasteiger partial charge in [0.25, 0.3) is 0 Å². The second kappa shape index (κ2) is 9.77. The Hall–Kier alpha value is -2.84. The minimum absolute atomic E-state index is 0.310. The zero-order valence-electron chi connectivity index (χ0n) is 17.6. The molecule has 1 aromatic heterocycles. The smallest absolute Gasteiger partial charge is 0.323 e. The summed E-state index contributed by atoms with van der Waals surface area (Å²) in [5, 5.41) is 10.0. The molecular weight excluding hydrogens is 446 g/mol. The molecule has 0 atom stereocenters. The Morgan fingerprint density at radius 1 is 1.13 bits per heavy atom. The number of urea groups is 1. The van der Waals surface area contributed by atoms with E-state index in [9.17, 15) is 4.79 Å². The molecule has 2 N–H and O–H groups in total. The van der Waals surface area contributed by atoms with Gasteiger partial charge in [0.2, 0.25) is 0 Å². The summed E-state index contributed by atoms with van der Waals surface area (Å²) in [5.74, 6) is 0.727. The molecular formula is C22H26BrN5O2. The second-order valence-corrected chi connectivity index (χ2v) is 8.13. The lowest BCUT2D eigenvalue weighted by Gasteiger charge is -2.16. The number of ether oxygens (including phenoxy) is 1. The first-order valence-corrected chi connectivity index (χ1v) is 10.4. The van der Waals surface area contributed by atoms with Crippen LogP contribution in [0.25, 0.3) is 11.3 Å². The molecule has 0 unspecified atom stereocenters. The largest absolute Gasteiger partial charge is 0.492 e. The molecule has 2 amide bonds. The van der Waals surface area contributed by atoms with Gasteiger partial charge in [-0.05, 0) is 67.3 Å². The highest BCUT2D eigenvalue weighted by Crippen LogP contribution is 2.36. The van der Waals surface area contributed by atoms with Crippen molar-refractivity contribution >= 4 is 33.3 Å². The third-order valence-electron chi connectivity index (χ3n) is 4.49. The van der Waals surface area contributed by atoms with E-state index in [0.717, 1.165) is 39.3 Å². The van der Waals surface area contributed by atoms with Gasteiger partial charge in [-0.1, -0.05) is 17.7 Å². The van der Waals surface area contributed by atoms with Gasteiger partial charge in [0.05, 0.1) is 16.4 Å². The predicted octanol–water partition coefficient (Wildman–Crippen LogP) is 4.74. The first kappa shape index (κ1) is 21.9. The molecule has 2 aromatic carbocycles. The first-order valence-electron chi connectivity index (χ1n) is 9.57. The maximum absolute atomic E-state index is 12.4. The lowest BCUT2D eigenvalue weighted by Crippen LogP contribution is -2.20. The number of carbonyl (C=O) groups excluding carboxylic acids is 1. The van der Waals surface area contributed by atoms with Crippen LogP contribution >= 0.6 is 15.9 Å². The average Bonchev–Trinajstić information content (AvgIpc) is 3.02. The van der Waals surface area contributed by atoms with Gasteiger partial charge in [-0.2, -0.15) is 5.10 Å².